The molecule has 0 spiro atoms. The summed E-state index contributed by atoms with van der Waals surface area (Å²) in [5, 5.41) is 4.07. The number of nitrogen functional groups attached to an aromatic ring is 1. The van der Waals surface area contributed by atoms with Crippen LogP contribution in [0.1, 0.15) is 37.4 Å². The Morgan fingerprint density at radius 1 is 1.17 bits per heavy atom. The quantitative estimate of drug-likeness (QED) is 0.845. The molecule has 18 heavy (non-hydrogen) atoms. The van der Waals surface area contributed by atoms with Crippen LogP contribution in [0.5, 0.6) is 0 Å². The van der Waals surface area contributed by atoms with Crippen LogP contribution in [0.25, 0.3) is 11.5 Å². The second kappa shape index (κ2) is 5.40. The van der Waals surface area contributed by atoms with Crippen molar-refractivity contribution in [2.45, 2.75) is 31.6 Å². The van der Waals surface area contributed by atoms with Gasteiger partial charge in [-0.2, -0.15) is 4.98 Å². The van der Waals surface area contributed by atoms with Crippen molar-refractivity contribution in [2.24, 2.45) is 0 Å². The minimum absolute atomic E-state index is 0. The normalized spacial score (nSPS) is 15.6. The molecule has 0 atom stereocenters. The van der Waals surface area contributed by atoms with Gasteiger partial charge in [0.1, 0.15) is 0 Å². The van der Waals surface area contributed by atoms with Crippen molar-refractivity contribution in [3.05, 3.63) is 30.1 Å². The second-order valence-corrected chi connectivity index (χ2v) is 4.53. The van der Waals surface area contributed by atoms with Gasteiger partial charge in [0.2, 0.25) is 0 Å². The summed E-state index contributed by atoms with van der Waals surface area (Å²) < 4.78 is 5.30. The van der Waals surface area contributed by atoms with E-state index in [2.05, 4.69) is 10.1 Å². The van der Waals surface area contributed by atoms with E-state index >= 15 is 0 Å². The van der Waals surface area contributed by atoms with Crippen molar-refractivity contribution in [1.29, 1.82) is 0 Å². The van der Waals surface area contributed by atoms with Gasteiger partial charge in [-0.15, -0.1) is 12.4 Å². The number of aromatic nitrogens is 2. The highest BCUT2D eigenvalue weighted by Gasteiger charge is 2.22. The van der Waals surface area contributed by atoms with E-state index in [-0.39, 0.29) is 12.4 Å². The average Bonchev–Trinajstić information content (AvgIpc) is 3.00. The molecule has 96 valence electrons. The second-order valence-electron chi connectivity index (χ2n) is 4.53. The number of anilines is 1. The molecule has 4 nitrogen and oxygen atoms in total. The van der Waals surface area contributed by atoms with Crippen LogP contribution in [0.3, 0.4) is 0 Å². The molecule has 0 amide bonds. The summed E-state index contributed by atoms with van der Waals surface area (Å²) in [7, 11) is 0. The Morgan fingerprint density at radius 3 is 2.61 bits per heavy atom. The van der Waals surface area contributed by atoms with Crippen molar-refractivity contribution >= 4 is 18.1 Å². The van der Waals surface area contributed by atoms with E-state index in [1.54, 1.807) is 0 Å². The first-order valence-electron chi connectivity index (χ1n) is 6.03. The summed E-state index contributed by atoms with van der Waals surface area (Å²) in [4.78, 5) is 4.47. The van der Waals surface area contributed by atoms with Crippen molar-refractivity contribution in [3.8, 4) is 11.5 Å². The van der Waals surface area contributed by atoms with Gasteiger partial charge in [0.05, 0.1) is 5.56 Å². The van der Waals surface area contributed by atoms with Crippen LogP contribution in [0.15, 0.2) is 28.8 Å². The lowest BCUT2D eigenvalue weighted by molar-refractivity contribution is 0.416. The number of hydrogen-bond donors (Lipinski definition) is 1. The Kier molecular flexibility index (Phi) is 3.87. The molecule has 1 saturated carbocycles. The molecule has 1 aromatic heterocycles. The van der Waals surface area contributed by atoms with Crippen LogP contribution in [0, 0.1) is 0 Å². The van der Waals surface area contributed by atoms with Gasteiger partial charge in [-0.1, -0.05) is 30.1 Å². The van der Waals surface area contributed by atoms with Crippen LogP contribution >= 0.6 is 12.4 Å². The zero-order valence-corrected chi connectivity index (χ0v) is 10.8. The van der Waals surface area contributed by atoms with Gasteiger partial charge in [0, 0.05) is 11.6 Å². The number of nitrogens with zero attached hydrogens (tertiary/aromatic N) is 2. The molecular weight excluding hydrogens is 250 g/mol. The van der Waals surface area contributed by atoms with E-state index in [9.17, 15) is 0 Å². The van der Waals surface area contributed by atoms with Crippen molar-refractivity contribution in [1.82, 2.24) is 10.1 Å². The molecule has 3 rings (SSSR count). The van der Waals surface area contributed by atoms with Gasteiger partial charge in [-0.25, -0.2) is 0 Å². The molecule has 0 aliphatic heterocycles. The van der Waals surface area contributed by atoms with E-state index in [1.165, 1.54) is 25.7 Å². The van der Waals surface area contributed by atoms with Crippen LogP contribution in [-0.2, 0) is 0 Å². The van der Waals surface area contributed by atoms with Crippen molar-refractivity contribution in [2.75, 3.05) is 5.73 Å². The van der Waals surface area contributed by atoms with Crippen LogP contribution in [0.2, 0.25) is 0 Å². The van der Waals surface area contributed by atoms with Gasteiger partial charge in [0.25, 0.3) is 5.89 Å². The predicted molar refractivity (Wildman–Crippen MR) is 72.6 cm³/mol. The molecule has 0 radical (unpaired) electrons. The predicted octanol–water partition coefficient (Wildman–Crippen LogP) is 3.40. The monoisotopic (exact) mass is 265 g/mol. The molecule has 2 aromatic rings. The number of benzene rings is 1. The molecule has 1 heterocycles. The van der Waals surface area contributed by atoms with E-state index in [0.717, 1.165) is 11.4 Å². The van der Waals surface area contributed by atoms with E-state index < -0.39 is 0 Å². The lowest BCUT2D eigenvalue weighted by Crippen LogP contribution is -1.95. The zero-order valence-electron chi connectivity index (χ0n) is 10.0. The summed E-state index contributed by atoms with van der Waals surface area (Å²) in [6.45, 7) is 0. The number of halogens is 1. The Hall–Kier alpha value is -1.55. The van der Waals surface area contributed by atoms with Gasteiger partial charge >= 0.3 is 0 Å². The van der Waals surface area contributed by atoms with Gasteiger partial charge < -0.3 is 10.3 Å². The molecule has 1 fully saturated rings. The third-order valence-corrected chi connectivity index (χ3v) is 3.35. The largest absolute Gasteiger partial charge is 0.398 e. The summed E-state index contributed by atoms with van der Waals surface area (Å²) in [5.74, 6) is 1.84. The fourth-order valence-electron chi connectivity index (χ4n) is 2.39. The van der Waals surface area contributed by atoms with E-state index in [0.29, 0.717) is 17.5 Å². The lowest BCUT2D eigenvalue weighted by atomic mass is 10.1. The summed E-state index contributed by atoms with van der Waals surface area (Å²) in [6, 6.07) is 7.56. The highest BCUT2D eigenvalue weighted by molar-refractivity contribution is 5.85. The maximum absolute atomic E-state index is 5.89. The zero-order chi connectivity index (χ0) is 11.7. The molecule has 2 N–H and O–H groups in total. The highest BCUT2D eigenvalue weighted by Crippen LogP contribution is 2.33. The Morgan fingerprint density at radius 2 is 1.89 bits per heavy atom. The maximum Gasteiger partial charge on any atom is 0.260 e. The smallest absolute Gasteiger partial charge is 0.260 e. The first-order chi connectivity index (χ1) is 8.34. The minimum Gasteiger partial charge on any atom is -0.398 e. The summed E-state index contributed by atoms with van der Waals surface area (Å²) in [5.41, 5.74) is 7.39. The molecule has 1 aliphatic carbocycles. The first-order valence-corrected chi connectivity index (χ1v) is 6.03. The third-order valence-electron chi connectivity index (χ3n) is 3.35. The number of hydrogen-bond acceptors (Lipinski definition) is 4. The fraction of sp³-hybridized carbons (Fsp3) is 0.385. The lowest BCUT2D eigenvalue weighted by Gasteiger charge is -2.00. The number of para-hydroxylation sites is 1. The number of nitrogens with two attached hydrogens (primary N) is 1. The third kappa shape index (κ3) is 2.34. The molecule has 0 unspecified atom stereocenters. The van der Waals surface area contributed by atoms with Gasteiger partial charge in [-0.3, -0.25) is 0 Å². The topological polar surface area (TPSA) is 64.9 Å². The molecule has 0 saturated heterocycles. The molecular formula is C13H16ClN3O. The Labute approximate surface area is 112 Å². The average molecular weight is 266 g/mol. The van der Waals surface area contributed by atoms with Gasteiger partial charge in [0.15, 0.2) is 5.82 Å². The summed E-state index contributed by atoms with van der Waals surface area (Å²) >= 11 is 0. The SMILES string of the molecule is Cl.Nc1ccccc1-c1nc(C2CCCC2)no1. The number of rotatable bonds is 2. The molecule has 1 aliphatic rings. The Balaban J connectivity index is 0.00000120. The van der Waals surface area contributed by atoms with Crippen molar-refractivity contribution < 1.29 is 4.52 Å². The van der Waals surface area contributed by atoms with E-state index in [4.69, 9.17) is 10.3 Å². The fourth-order valence-corrected chi connectivity index (χ4v) is 2.39. The van der Waals surface area contributed by atoms with Crippen LogP contribution in [-0.4, -0.2) is 10.1 Å². The molecule has 0 bridgehead atoms. The van der Waals surface area contributed by atoms with Gasteiger partial charge in [-0.05, 0) is 25.0 Å². The Bertz CT molecular complexity index is 520. The van der Waals surface area contributed by atoms with Crippen LogP contribution in [0.4, 0.5) is 5.69 Å². The van der Waals surface area contributed by atoms with E-state index in [1.807, 2.05) is 24.3 Å². The maximum atomic E-state index is 5.89. The molecule has 5 heteroatoms. The summed E-state index contributed by atoms with van der Waals surface area (Å²) in [6.07, 6.45) is 4.87. The first kappa shape index (κ1) is 12.9. The van der Waals surface area contributed by atoms with Crippen LogP contribution < -0.4 is 5.73 Å². The minimum atomic E-state index is 0. The molecule has 1 aromatic carbocycles. The highest BCUT2D eigenvalue weighted by atomic mass is 35.5. The standard InChI is InChI=1S/C13H15N3O.ClH/c14-11-8-4-3-7-10(11)13-15-12(16-17-13)9-5-1-2-6-9;/h3-4,7-9H,1-2,5-6,14H2;1H. The van der Waals surface area contributed by atoms with Crippen molar-refractivity contribution in [3.63, 3.8) is 0 Å².